The third-order valence-electron chi connectivity index (χ3n) is 2.53. The van der Waals surface area contributed by atoms with Crippen LogP contribution in [0, 0.1) is 6.92 Å². The highest BCUT2D eigenvalue weighted by Gasteiger charge is 1.98. The summed E-state index contributed by atoms with van der Waals surface area (Å²) in [7, 11) is 0. The largest absolute Gasteiger partial charge is 0.381 e. The second-order valence-electron chi connectivity index (χ2n) is 3.80. The van der Waals surface area contributed by atoms with Gasteiger partial charge in [0.15, 0.2) is 0 Å². The zero-order valence-corrected chi connectivity index (χ0v) is 10.8. The lowest BCUT2D eigenvalue weighted by Crippen LogP contribution is -2.00. The van der Waals surface area contributed by atoms with E-state index in [0.29, 0.717) is 0 Å². The van der Waals surface area contributed by atoms with Gasteiger partial charge < -0.3 is 5.32 Å². The van der Waals surface area contributed by atoms with Crippen LogP contribution < -0.4 is 5.32 Å². The van der Waals surface area contributed by atoms with Gasteiger partial charge in [0.2, 0.25) is 0 Å². The molecule has 0 atom stereocenters. The van der Waals surface area contributed by atoms with Crippen molar-refractivity contribution in [3.63, 3.8) is 0 Å². The van der Waals surface area contributed by atoms with Gasteiger partial charge >= 0.3 is 0 Å². The predicted molar refractivity (Wildman–Crippen MR) is 72.6 cm³/mol. The molecule has 0 aliphatic rings. The van der Waals surface area contributed by atoms with E-state index in [9.17, 15) is 0 Å². The zero-order valence-electron chi connectivity index (χ0n) is 9.20. The summed E-state index contributed by atoms with van der Waals surface area (Å²) in [5.74, 6) is 0. The van der Waals surface area contributed by atoms with Crippen LogP contribution in [0.1, 0.15) is 11.1 Å². The number of hydrogen-bond acceptors (Lipinski definition) is 1. The molecule has 0 heterocycles. The van der Waals surface area contributed by atoms with Crippen LogP contribution in [0.4, 0.5) is 5.69 Å². The molecule has 0 aromatic heterocycles. The normalized spacial score (nSPS) is 10.1. The van der Waals surface area contributed by atoms with Gasteiger partial charge in [0.1, 0.15) is 0 Å². The number of benzene rings is 2. The summed E-state index contributed by atoms with van der Waals surface area (Å²) in [5, 5.41) is 3.44. The molecule has 2 rings (SSSR count). The maximum atomic E-state index is 3.48. The zero-order chi connectivity index (χ0) is 11.4. The summed E-state index contributed by atoms with van der Waals surface area (Å²) in [6.45, 7) is 2.97. The number of rotatable bonds is 3. The van der Waals surface area contributed by atoms with Gasteiger partial charge in [-0.2, -0.15) is 0 Å². The van der Waals surface area contributed by atoms with E-state index in [-0.39, 0.29) is 0 Å². The van der Waals surface area contributed by atoms with Crippen molar-refractivity contribution >= 4 is 21.6 Å². The molecule has 0 spiro atoms. The van der Waals surface area contributed by atoms with Crippen LogP contribution in [0.25, 0.3) is 0 Å². The van der Waals surface area contributed by atoms with Gasteiger partial charge in [0, 0.05) is 16.7 Å². The molecular formula is C14H14BrN. The van der Waals surface area contributed by atoms with E-state index in [1.807, 2.05) is 6.07 Å². The maximum absolute atomic E-state index is 3.48. The van der Waals surface area contributed by atoms with Gasteiger partial charge in [-0.1, -0.05) is 52.3 Å². The maximum Gasteiger partial charge on any atom is 0.0400 e. The van der Waals surface area contributed by atoms with E-state index in [1.54, 1.807) is 0 Å². The molecule has 82 valence electrons. The van der Waals surface area contributed by atoms with Gasteiger partial charge in [-0.05, 0) is 30.2 Å². The molecule has 2 heteroatoms. The van der Waals surface area contributed by atoms with Crippen LogP contribution in [-0.4, -0.2) is 0 Å². The first-order chi connectivity index (χ1) is 7.75. The minimum atomic E-state index is 0.859. The Kier molecular flexibility index (Phi) is 3.62. The summed E-state index contributed by atoms with van der Waals surface area (Å²) in [4.78, 5) is 0. The van der Waals surface area contributed by atoms with Gasteiger partial charge in [-0.3, -0.25) is 0 Å². The molecule has 16 heavy (non-hydrogen) atoms. The Labute approximate surface area is 105 Å². The van der Waals surface area contributed by atoms with Crippen LogP contribution in [0.3, 0.4) is 0 Å². The first-order valence-corrected chi connectivity index (χ1v) is 6.09. The van der Waals surface area contributed by atoms with Crippen molar-refractivity contribution in [1.29, 1.82) is 0 Å². The van der Waals surface area contributed by atoms with Crippen molar-refractivity contribution in [3.8, 4) is 0 Å². The van der Waals surface area contributed by atoms with E-state index in [0.717, 1.165) is 11.0 Å². The Bertz CT molecular complexity index is 465. The van der Waals surface area contributed by atoms with Crippen molar-refractivity contribution in [2.24, 2.45) is 0 Å². The number of aryl methyl sites for hydroxylation is 1. The first-order valence-electron chi connectivity index (χ1n) is 5.29. The third kappa shape index (κ3) is 2.86. The molecule has 0 saturated carbocycles. The second kappa shape index (κ2) is 5.17. The molecule has 0 bridgehead atoms. The monoisotopic (exact) mass is 275 g/mol. The number of anilines is 1. The Morgan fingerprint density at radius 1 is 1.06 bits per heavy atom. The molecular weight excluding hydrogens is 262 g/mol. The molecule has 0 fully saturated rings. The Morgan fingerprint density at radius 2 is 1.81 bits per heavy atom. The van der Waals surface area contributed by atoms with E-state index in [2.05, 4.69) is 70.6 Å². The van der Waals surface area contributed by atoms with Crippen LogP contribution in [-0.2, 0) is 6.54 Å². The summed E-state index contributed by atoms with van der Waals surface area (Å²) in [5.41, 5.74) is 3.74. The summed E-state index contributed by atoms with van der Waals surface area (Å²) in [6.07, 6.45) is 0. The van der Waals surface area contributed by atoms with Crippen molar-refractivity contribution in [1.82, 2.24) is 0 Å². The van der Waals surface area contributed by atoms with Gasteiger partial charge in [0.05, 0.1) is 0 Å². The summed E-state index contributed by atoms with van der Waals surface area (Å²) < 4.78 is 1.11. The van der Waals surface area contributed by atoms with E-state index >= 15 is 0 Å². The van der Waals surface area contributed by atoms with E-state index in [1.165, 1.54) is 16.8 Å². The van der Waals surface area contributed by atoms with Crippen molar-refractivity contribution in [3.05, 3.63) is 64.1 Å². The lowest BCUT2D eigenvalue weighted by Gasteiger charge is -2.09. The fraction of sp³-hybridized carbons (Fsp3) is 0.143. The highest BCUT2D eigenvalue weighted by Crippen LogP contribution is 2.21. The molecule has 0 saturated heterocycles. The molecule has 0 amide bonds. The fourth-order valence-electron chi connectivity index (χ4n) is 1.58. The van der Waals surface area contributed by atoms with Crippen molar-refractivity contribution in [2.45, 2.75) is 13.5 Å². The van der Waals surface area contributed by atoms with Gasteiger partial charge in [0.25, 0.3) is 0 Å². The first kappa shape index (κ1) is 11.2. The fourth-order valence-corrected chi connectivity index (χ4v) is 1.94. The number of nitrogens with one attached hydrogen (secondary N) is 1. The topological polar surface area (TPSA) is 12.0 Å². The predicted octanol–water partition coefficient (Wildman–Crippen LogP) is 4.37. The molecule has 0 unspecified atom stereocenters. The minimum Gasteiger partial charge on any atom is -0.381 e. The summed E-state index contributed by atoms with van der Waals surface area (Å²) >= 11 is 3.48. The van der Waals surface area contributed by atoms with E-state index in [4.69, 9.17) is 0 Å². The standard InChI is InChI=1S/C14H14BrN/c1-11-7-8-13(15)9-14(11)16-10-12-5-3-2-4-6-12/h2-9,16H,10H2,1H3. The molecule has 0 radical (unpaired) electrons. The van der Waals surface area contributed by atoms with Crippen LogP contribution in [0.15, 0.2) is 53.0 Å². The molecule has 1 N–H and O–H groups in total. The Balaban J connectivity index is 2.08. The Hall–Kier alpha value is -1.28. The van der Waals surface area contributed by atoms with E-state index < -0.39 is 0 Å². The summed E-state index contributed by atoms with van der Waals surface area (Å²) in [6, 6.07) is 16.7. The lowest BCUT2D eigenvalue weighted by atomic mass is 10.2. The third-order valence-corrected chi connectivity index (χ3v) is 3.02. The van der Waals surface area contributed by atoms with Crippen LogP contribution in [0.2, 0.25) is 0 Å². The average molecular weight is 276 g/mol. The van der Waals surface area contributed by atoms with Crippen LogP contribution >= 0.6 is 15.9 Å². The molecule has 0 aliphatic heterocycles. The number of hydrogen-bond donors (Lipinski definition) is 1. The molecule has 2 aromatic carbocycles. The Morgan fingerprint density at radius 3 is 2.56 bits per heavy atom. The SMILES string of the molecule is Cc1ccc(Br)cc1NCc1ccccc1. The smallest absolute Gasteiger partial charge is 0.0400 e. The second-order valence-corrected chi connectivity index (χ2v) is 4.71. The number of halogens is 1. The van der Waals surface area contributed by atoms with Crippen molar-refractivity contribution < 1.29 is 0 Å². The molecule has 2 aromatic rings. The van der Waals surface area contributed by atoms with Crippen LogP contribution in [0.5, 0.6) is 0 Å². The molecule has 0 aliphatic carbocycles. The van der Waals surface area contributed by atoms with Gasteiger partial charge in [-0.15, -0.1) is 0 Å². The minimum absolute atomic E-state index is 0.859. The van der Waals surface area contributed by atoms with Crippen molar-refractivity contribution in [2.75, 3.05) is 5.32 Å². The highest BCUT2D eigenvalue weighted by atomic mass is 79.9. The average Bonchev–Trinajstić information content (AvgIpc) is 2.32. The highest BCUT2D eigenvalue weighted by molar-refractivity contribution is 9.10. The molecule has 1 nitrogen and oxygen atoms in total. The van der Waals surface area contributed by atoms with Gasteiger partial charge in [-0.25, -0.2) is 0 Å². The lowest BCUT2D eigenvalue weighted by molar-refractivity contribution is 1.14. The quantitative estimate of drug-likeness (QED) is 0.877.